The summed E-state index contributed by atoms with van der Waals surface area (Å²) in [5, 5.41) is 10.3. The molecule has 3 aromatic heterocycles. The lowest BCUT2D eigenvalue weighted by atomic mass is 10.2. The molecule has 5 rings (SSSR count). The number of benzene rings is 1. The Morgan fingerprint density at radius 1 is 1.27 bits per heavy atom. The molecule has 12 heteroatoms. The zero-order valence-electron chi connectivity index (χ0n) is 17.8. The summed E-state index contributed by atoms with van der Waals surface area (Å²) in [6.45, 7) is 1.77. The Balaban J connectivity index is 1.58. The minimum atomic E-state index is -2.80. The molecule has 0 saturated heterocycles. The number of H-pyrrole nitrogens is 1. The highest BCUT2D eigenvalue weighted by Crippen LogP contribution is 2.37. The van der Waals surface area contributed by atoms with E-state index >= 15 is 0 Å². The molecule has 0 bridgehead atoms. The monoisotopic (exact) mass is 454 g/mol. The van der Waals surface area contributed by atoms with E-state index in [1.54, 1.807) is 36.1 Å². The van der Waals surface area contributed by atoms with Gasteiger partial charge in [-0.1, -0.05) is 6.07 Å². The van der Waals surface area contributed by atoms with Gasteiger partial charge in [0.15, 0.2) is 17.2 Å². The summed E-state index contributed by atoms with van der Waals surface area (Å²) in [5.41, 5.74) is 1.88. The van der Waals surface area contributed by atoms with Crippen molar-refractivity contribution in [3.05, 3.63) is 42.2 Å². The number of nitrogens with one attached hydrogen (secondary N) is 3. The SMILES string of the molecule is COc1c(Nc2cc(NC(=O)C3CC3)nc3[nH]c(C(F)F)nc23)cccc1-n1cnc(C)n1. The first-order valence-electron chi connectivity index (χ1n) is 10.2. The van der Waals surface area contributed by atoms with Crippen molar-refractivity contribution in [3.8, 4) is 11.4 Å². The second kappa shape index (κ2) is 8.11. The average molecular weight is 454 g/mol. The third kappa shape index (κ3) is 4.06. The number of carbonyl (C=O) groups is 1. The number of methoxy groups -OCH3 is 1. The van der Waals surface area contributed by atoms with Crippen molar-refractivity contribution in [2.24, 2.45) is 5.92 Å². The molecule has 0 unspecified atom stereocenters. The van der Waals surface area contributed by atoms with Gasteiger partial charge in [-0.2, -0.15) is 5.10 Å². The van der Waals surface area contributed by atoms with Crippen LogP contribution in [0.1, 0.15) is 30.9 Å². The molecule has 33 heavy (non-hydrogen) atoms. The molecule has 0 atom stereocenters. The molecule has 170 valence electrons. The van der Waals surface area contributed by atoms with E-state index in [4.69, 9.17) is 4.74 Å². The predicted octanol–water partition coefficient (Wildman–Crippen LogP) is 3.89. The van der Waals surface area contributed by atoms with Crippen LogP contribution in [-0.2, 0) is 4.79 Å². The van der Waals surface area contributed by atoms with Crippen LogP contribution in [0.15, 0.2) is 30.6 Å². The quantitative estimate of drug-likeness (QED) is 0.387. The zero-order valence-corrected chi connectivity index (χ0v) is 17.8. The van der Waals surface area contributed by atoms with Crippen LogP contribution in [0.3, 0.4) is 0 Å². The van der Waals surface area contributed by atoms with Crippen LogP contribution in [-0.4, -0.2) is 42.7 Å². The zero-order chi connectivity index (χ0) is 23.1. The van der Waals surface area contributed by atoms with Crippen molar-refractivity contribution in [1.29, 1.82) is 0 Å². The van der Waals surface area contributed by atoms with Gasteiger partial charge >= 0.3 is 0 Å². The number of carbonyl (C=O) groups excluding carboxylic acids is 1. The van der Waals surface area contributed by atoms with E-state index < -0.39 is 12.2 Å². The first-order valence-corrected chi connectivity index (χ1v) is 10.2. The molecule has 3 N–H and O–H groups in total. The Bertz CT molecular complexity index is 1350. The smallest absolute Gasteiger partial charge is 0.295 e. The van der Waals surface area contributed by atoms with Crippen molar-refractivity contribution >= 4 is 34.3 Å². The molecule has 1 amide bonds. The number of ether oxygens (including phenoxy) is 1. The molecule has 1 saturated carbocycles. The number of rotatable bonds is 7. The molecule has 1 aromatic carbocycles. The van der Waals surface area contributed by atoms with Gasteiger partial charge in [-0.05, 0) is 31.9 Å². The molecule has 0 aliphatic heterocycles. The first-order chi connectivity index (χ1) is 15.9. The molecular formula is C21H20F2N8O2. The molecule has 1 fully saturated rings. The molecule has 4 aromatic rings. The normalized spacial score (nSPS) is 13.5. The van der Waals surface area contributed by atoms with E-state index in [-0.39, 0.29) is 28.8 Å². The lowest BCUT2D eigenvalue weighted by molar-refractivity contribution is -0.117. The summed E-state index contributed by atoms with van der Waals surface area (Å²) in [4.78, 5) is 27.2. The van der Waals surface area contributed by atoms with Crippen LogP contribution in [0.4, 0.5) is 26.0 Å². The fraction of sp³-hybridized carbons (Fsp3) is 0.286. The van der Waals surface area contributed by atoms with Gasteiger partial charge < -0.3 is 20.4 Å². The number of pyridine rings is 1. The van der Waals surface area contributed by atoms with Crippen molar-refractivity contribution < 1.29 is 18.3 Å². The molecular weight excluding hydrogens is 434 g/mol. The van der Waals surface area contributed by atoms with Crippen LogP contribution in [0, 0.1) is 12.8 Å². The topological polar surface area (TPSA) is 123 Å². The predicted molar refractivity (Wildman–Crippen MR) is 116 cm³/mol. The van der Waals surface area contributed by atoms with Gasteiger partial charge in [-0.25, -0.2) is 28.4 Å². The van der Waals surface area contributed by atoms with Gasteiger partial charge in [-0.3, -0.25) is 4.79 Å². The highest BCUT2D eigenvalue weighted by atomic mass is 19.3. The van der Waals surface area contributed by atoms with E-state index in [0.717, 1.165) is 12.8 Å². The largest absolute Gasteiger partial charge is 0.492 e. The fourth-order valence-corrected chi connectivity index (χ4v) is 3.47. The van der Waals surface area contributed by atoms with Crippen LogP contribution in [0.2, 0.25) is 0 Å². The average Bonchev–Trinajstić information content (AvgIpc) is 3.41. The summed E-state index contributed by atoms with van der Waals surface area (Å²) in [5.74, 6) is 0.583. The van der Waals surface area contributed by atoms with Crippen molar-refractivity contribution in [2.45, 2.75) is 26.2 Å². The van der Waals surface area contributed by atoms with Gasteiger partial charge in [0.2, 0.25) is 5.91 Å². The number of anilines is 3. The number of aromatic amines is 1. The number of imidazole rings is 1. The number of hydrogen-bond donors (Lipinski definition) is 3. The Labute approximate surface area is 186 Å². The highest BCUT2D eigenvalue weighted by molar-refractivity contribution is 5.97. The summed E-state index contributed by atoms with van der Waals surface area (Å²) in [7, 11) is 1.51. The Hall–Kier alpha value is -4.09. The van der Waals surface area contributed by atoms with Gasteiger partial charge in [-0.15, -0.1) is 0 Å². The Morgan fingerprint density at radius 2 is 2.09 bits per heavy atom. The summed E-state index contributed by atoms with van der Waals surface area (Å²) in [6.07, 6.45) is 0.412. The van der Waals surface area contributed by atoms with Crippen molar-refractivity contribution in [1.82, 2.24) is 29.7 Å². The molecule has 0 spiro atoms. The van der Waals surface area contributed by atoms with Crippen molar-refractivity contribution in [2.75, 3.05) is 17.7 Å². The molecule has 10 nitrogen and oxygen atoms in total. The van der Waals surface area contributed by atoms with Gasteiger partial charge in [0.05, 0.1) is 18.5 Å². The van der Waals surface area contributed by atoms with Gasteiger partial charge in [0, 0.05) is 12.0 Å². The number of nitrogens with zero attached hydrogens (tertiary/aromatic N) is 5. The maximum atomic E-state index is 13.3. The second-order valence-electron chi connectivity index (χ2n) is 7.66. The van der Waals surface area contributed by atoms with E-state index in [2.05, 4.69) is 35.7 Å². The lowest BCUT2D eigenvalue weighted by Crippen LogP contribution is -2.14. The third-order valence-electron chi connectivity index (χ3n) is 5.20. The summed E-state index contributed by atoms with van der Waals surface area (Å²) in [6, 6.07) is 6.93. The summed E-state index contributed by atoms with van der Waals surface area (Å²) >= 11 is 0. The van der Waals surface area contributed by atoms with Crippen LogP contribution in [0.5, 0.6) is 5.75 Å². The lowest BCUT2D eigenvalue weighted by Gasteiger charge is -2.15. The van der Waals surface area contributed by atoms with E-state index in [0.29, 0.717) is 28.6 Å². The maximum absolute atomic E-state index is 13.3. The highest BCUT2D eigenvalue weighted by Gasteiger charge is 2.30. The number of halogens is 2. The van der Waals surface area contributed by atoms with Crippen LogP contribution in [0.25, 0.3) is 16.9 Å². The standard InChI is InChI=1S/C21H20F2N8O2/c1-10-24-9-31(30-10)14-5-3-4-12(17(14)33-2)25-13-8-15(27-21(32)11-6-7-11)26-19-16(13)28-20(29-19)18(22)23/h3-5,8-9,11,18H,6-7H2,1-2H3,(H3,25,26,27,28,29,32). The van der Waals surface area contributed by atoms with Crippen molar-refractivity contribution in [3.63, 3.8) is 0 Å². The minimum Gasteiger partial charge on any atom is -0.492 e. The van der Waals surface area contributed by atoms with Crippen LogP contribution < -0.4 is 15.4 Å². The number of aryl methyl sites for hydroxylation is 1. The van der Waals surface area contributed by atoms with E-state index in [1.165, 1.54) is 7.11 Å². The molecule has 3 heterocycles. The molecule has 1 aliphatic carbocycles. The summed E-state index contributed by atoms with van der Waals surface area (Å²) < 4.78 is 33.8. The molecule has 1 aliphatic rings. The van der Waals surface area contributed by atoms with Crippen LogP contribution >= 0.6 is 0 Å². The maximum Gasteiger partial charge on any atom is 0.295 e. The number of aromatic nitrogens is 6. The number of fused-ring (bicyclic) bond motifs is 1. The van der Waals surface area contributed by atoms with E-state index in [1.807, 2.05) is 6.07 Å². The Morgan fingerprint density at radius 3 is 2.76 bits per heavy atom. The van der Waals surface area contributed by atoms with Gasteiger partial charge in [0.25, 0.3) is 6.43 Å². The van der Waals surface area contributed by atoms with Gasteiger partial charge in [0.1, 0.15) is 29.2 Å². The number of amides is 1. The van der Waals surface area contributed by atoms with E-state index in [9.17, 15) is 13.6 Å². The Kier molecular flexibility index (Phi) is 5.11. The second-order valence-corrected chi connectivity index (χ2v) is 7.66. The third-order valence-corrected chi connectivity index (χ3v) is 5.20. The number of hydrogen-bond acceptors (Lipinski definition) is 7. The number of para-hydroxylation sites is 1. The first kappa shape index (κ1) is 20.8. The number of alkyl halides is 2. The minimum absolute atomic E-state index is 0.0415. The fourth-order valence-electron chi connectivity index (χ4n) is 3.47. The molecule has 0 radical (unpaired) electrons.